The summed E-state index contributed by atoms with van der Waals surface area (Å²) in [7, 11) is 0. The number of carbonyl (C=O) groups excluding carboxylic acids is 1. The smallest absolute Gasteiger partial charge is 0.310 e. The van der Waals surface area contributed by atoms with E-state index in [-0.39, 0.29) is 0 Å². The molecule has 0 aromatic heterocycles. The van der Waals surface area contributed by atoms with E-state index in [9.17, 15) is 14.7 Å². The standard InChI is InChI=1S/C15H19ClN2O3/c1-2-15(14(20)21)5-6-18(9-15)8-11-4-3-10(13(17)19)7-12(11)16/h3-4,7H,2,5-6,8-9H2,1H3,(H2,17,19)(H,20,21). The van der Waals surface area contributed by atoms with Gasteiger partial charge in [0.1, 0.15) is 0 Å². The number of likely N-dealkylation sites (tertiary alicyclic amines) is 1. The molecule has 1 unspecified atom stereocenters. The van der Waals surface area contributed by atoms with Gasteiger partial charge in [0, 0.05) is 23.7 Å². The van der Waals surface area contributed by atoms with Crippen LogP contribution in [0.25, 0.3) is 0 Å². The first-order valence-corrected chi connectivity index (χ1v) is 7.30. The molecular weight excluding hydrogens is 292 g/mol. The number of primary amides is 1. The maximum atomic E-state index is 11.4. The van der Waals surface area contributed by atoms with Gasteiger partial charge in [-0.15, -0.1) is 0 Å². The summed E-state index contributed by atoms with van der Waals surface area (Å²) < 4.78 is 0. The van der Waals surface area contributed by atoms with Crippen LogP contribution in [0.1, 0.15) is 35.7 Å². The maximum Gasteiger partial charge on any atom is 0.310 e. The maximum absolute atomic E-state index is 11.4. The van der Waals surface area contributed by atoms with E-state index in [1.54, 1.807) is 18.2 Å². The second-order valence-corrected chi connectivity index (χ2v) is 5.98. The number of hydrogen-bond donors (Lipinski definition) is 2. The first kappa shape index (κ1) is 15.8. The predicted octanol–water partition coefficient (Wildman–Crippen LogP) is 2.13. The Kier molecular flexibility index (Phi) is 4.54. The SMILES string of the molecule is CCC1(C(=O)O)CCN(Cc2ccc(C(N)=O)cc2Cl)C1. The minimum atomic E-state index is -0.734. The van der Waals surface area contributed by atoms with E-state index in [1.807, 2.05) is 6.92 Å². The van der Waals surface area contributed by atoms with Crippen LogP contribution in [-0.2, 0) is 11.3 Å². The van der Waals surface area contributed by atoms with Crippen LogP contribution in [0.4, 0.5) is 0 Å². The van der Waals surface area contributed by atoms with Gasteiger partial charge in [0.25, 0.3) is 0 Å². The Morgan fingerprint density at radius 3 is 2.67 bits per heavy atom. The van der Waals surface area contributed by atoms with Crippen LogP contribution in [0.5, 0.6) is 0 Å². The van der Waals surface area contributed by atoms with Gasteiger partial charge in [-0.3, -0.25) is 14.5 Å². The average molecular weight is 311 g/mol. The lowest BCUT2D eigenvalue weighted by Gasteiger charge is -2.23. The molecular formula is C15H19ClN2O3. The molecule has 1 aromatic rings. The molecule has 0 aliphatic carbocycles. The fourth-order valence-corrected chi connectivity index (χ4v) is 3.02. The van der Waals surface area contributed by atoms with Gasteiger partial charge in [0.15, 0.2) is 0 Å². The molecule has 1 aliphatic rings. The van der Waals surface area contributed by atoms with Crippen molar-refractivity contribution in [2.24, 2.45) is 11.1 Å². The number of benzene rings is 1. The van der Waals surface area contributed by atoms with Gasteiger partial charge < -0.3 is 10.8 Å². The van der Waals surface area contributed by atoms with E-state index >= 15 is 0 Å². The zero-order chi connectivity index (χ0) is 15.6. The number of carboxylic acids is 1. The van der Waals surface area contributed by atoms with Gasteiger partial charge in [-0.25, -0.2) is 0 Å². The Bertz CT molecular complexity index is 576. The molecule has 114 valence electrons. The fraction of sp³-hybridized carbons (Fsp3) is 0.467. The summed E-state index contributed by atoms with van der Waals surface area (Å²) >= 11 is 6.17. The molecule has 21 heavy (non-hydrogen) atoms. The number of carbonyl (C=O) groups is 2. The van der Waals surface area contributed by atoms with Crippen LogP contribution in [0.2, 0.25) is 5.02 Å². The number of carboxylic acid groups (broad SMARTS) is 1. The summed E-state index contributed by atoms with van der Waals surface area (Å²) in [4.78, 5) is 24.6. The number of nitrogens with zero attached hydrogens (tertiary/aromatic N) is 1. The molecule has 1 heterocycles. The molecule has 0 radical (unpaired) electrons. The van der Waals surface area contributed by atoms with Gasteiger partial charge in [0.05, 0.1) is 5.41 Å². The van der Waals surface area contributed by atoms with Crippen molar-refractivity contribution in [3.8, 4) is 0 Å². The Balaban J connectivity index is 2.10. The van der Waals surface area contributed by atoms with E-state index < -0.39 is 17.3 Å². The largest absolute Gasteiger partial charge is 0.481 e. The second kappa shape index (κ2) is 6.03. The number of halogens is 1. The quantitative estimate of drug-likeness (QED) is 0.872. The zero-order valence-electron chi connectivity index (χ0n) is 11.9. The summed E-state index contributed by atoms with van der Waals surface area (Å²) in [5.74, 6) is -1.25. The number of amides is 1. The van der Waals surface area contributed by atoms with E-state index in [2.05, 4.69) is 4.90 Å². The molecule has 0 bridgehead atoms. The number of rotatable bonds is 5. The van der Waals surface area contributed by atoms with Crippen molar-refractivity contribution < 1.29 is 14.7 Å². The summed E-state index contributed by atoms with van der Waals surface area (Å²) in [6.07, 6.45) is 1.27. The molecule has 0 spiro atoms. The van der Waals surface area contributed by atoms with Gasteiger partial charge in [-0.05, 0) is 37.1 Å². The van der Waals surface area contributed by atoms with E-state index in [0.29, 0.717) is 36.5 Å². The molecule has 2 rings (SSSR count). The molecule has 1 aromatic carbocycles. The monoisotopic (exact) mass is 310 g/mol. The summed E-state index contributed by atoms with van der Waals surface area (Å²) in [6, 6.07) is 4.97. The van der Waals surface area contributed by atoms with Gasteiger partial charge in [0.2, 0.25) is 5.91 Å². The molecule has 0 saturated carbocycles. The summed E-state index contributed by atoms with van der Waals surface area (Å²) in [6.45, 7) is 3.74. The molecule has 1 amide bonds. The highest BCUT2D eigenvalue weighted by Gasteiger charge is 2.43. The summed E-state index contributed by atoms with van der Waals surface area (Å²) in [5.41, 5.74) is 5.80. The molecule has 6 heteroatoms. The molecule has 1 fully saturated rings. The van der Waals surface area contributed by atoms with Crippen molar-refractivity contribution in [2.45, 2.75) is 26.3 Å². The Labute approximate surface area is 128 Å². The minimum Gasteiger partial charge on any atom is -0.481 e. The van der Waals surface area contributed by atoms with Gasteiger partial charge in [-0.2, -0.15) is 0 Å². The van der Waals surface area contributed by atoms with Gasteiger partial charge >= 0.3 is 5.97 Å². The Morgan fingerprint density at radius 1 is 1.48 bits per heavy atom. The first-order valence-electron chi connectivity index (χ1n) is 6.92. The van der Waals surface area contributed by atoms with Crippen LogP contribution < -0.4 is 5.73 Å². The number of aliphatic carboxylic acids is 1. The fourth-order valence-electron chi connectivity index (χ4n) is 2.78. The average Bonchev–Trinajstić information content (AvgIpc) is 2.85. The highest BCUT2D eigenvalue weighted by atomic mass is 35.5. The predicted molar refractivity (Wildman–Crippen MR) is 80.2 cm³/mol. The topological polar surface area (TPSA) is 83.6 Å². The lowest BCUT2D eigenvalue weighted by atomic mass is 9.84. The molecule has 1 atom stereocenters. The van der Waals surface area contributed by atoms with Crippen molar-refractivity contribution in [2.75, 3.05) is 13.1 Å². The Hall–Kier alpha value is -1.59. The molecule has 1 saturated heterocycles. The molecule has 3 N–H and O–H groups in total. The number of hydrogen-bond acceptors (Lipinski definition) is 3. The molecule has 1 aliphatic heterocycles. The highest BCUT2D eigenvalue weighted by molar-refractivity contribution is 6.31. The normalized spacial score (nSPS) is 22.4. The summed E-state index contributed by atoms with van der Waals surface area (Å²) in [5, 5.41) is 9.88. The minimum absolute atomic E-state index is 0.374. The van der Waals surface area contributed by atoms with Crippen molar-refractivity contribution in [1.82, 2.24) is 4.90 Å². The van der Waals surface area contributed by atoms with Crippen molar-refractivity contribution in [1.29, 1.82) is 0 Å². The van der Waals surface area contributed by atoms with Crippen LogP contribution >= 0.6 is 11.6 Å². The lowest BCUT2D eigenvalue weighted by molar-refractivity contribution is -0.148. The highest BCUT2D eigenvalue weighted by Crippen LogP contribution is 2.35. The van der Waals surface area contributed by atoms with Crippen LogP contribution in [0.3, 0.4) is 0 Å². The third kappa shape index (κ3) is 3.19. The van der Waals surface area contributed by atoms with Crippen LogP contribution in [0, 0.1) is 5.41 Å². The van der Waals surface area contributed by atoms with Crippen LogP contribution in [-0.4, -0.2) is 35.0 Å². The van der Waals surface area contributed by atoms with Crippen molar-refractivity contribution >= 4 is 23.5 Å². The molecule has 5 nitrogen and oxygen atoms in total. The second-order valence-electron chi connectivity index (χ2n) is 5.57. The first-order chi connectivity index (χ1) is 9.88. The van der Waals surface area contributed by atoms with Gasteiger partial charge in [-0.1, -0.05) is 24.6 Å². The third-order valence-corrected chi connectivity index (χ3v) is 4.65. The zero-order valence-corrected chi connectivity index (χ0v) is 12.7. The third-order valence-electron chi connectivity index (χ3n) is 4.29. The van der Waals surface area contributed by atoms with Crippen molar-refractivity contribution in [3.63, 3.8) is 0 Å². The van der Waals surface area contributed by atoms with E-state index in [0.717, 1.165) is 12.1 Å². The van der Waals surface area contributed by atoms with Crippen molar-refractivity contribution in [3.05, 3.63) is 34.3 Å². The lowest BCUT2D eigenvalue weighted by Crippen LogP contribution is -2.33. The number of nitrogens with two attached hydrogens (primary N) is 1. The Morgan fingerprint density at radius 2 is 2.19 bits per heavy atom. The van der Waals surface area contributed by atoms with Crippen LogP contribution in [0.15, 0.2) is 18.2 Å². The van der Waals surface area contributed by atoms with E-state index in [4.69, 9.17) is 17.3 Å². The van der Waals surface area contributed by atoms with E-state index in [1.165, 1.54) is 0 Å².